The molecule has 6 nitrogen and oxygen atoms in total. The van der Waals surface area contributed by atoms with E-state index >= 15 is 0 Å². The molecule has 0 atom stereocenters. The summed E-state index contributed by atoms with van der Waals surface area (Å²) in [6.45, 7) is 1.90. The first-order valence-electron chi connectivity index (χ1n) is 7.40. The van der Waals surface area contributed by atoms with Gasteiger partial charge in [-0.2, -0.15) is 5.10 Å². The van der Waals surface area contributed by atoms with Crippen molar-refractivity contribution in [3.63, 3.8) is 0 Å². The number of aryl methyl sites for hydroxylation is 1. The van der Waals surface area contributed by atoms with Crippen molar-refractivity contribution in [2.45, 2.75) is 6.92 Å². The topological polar surface area (TPSA) is 86.3 Å². The maximum absolute atomic E-state index is 11.8. The third-order valence-corrected chi connectivity index (χ3v) is 3.47. The Labute approximate surface area is 138 Å². The van der Waals surface area contributed by atoms with Crippen LogP contribution in [0.2, 0.25) is 0 Å². The Morgan fingerprint density at radius 2 is 1.92 bits per heavy atom. The number of aromatic nitrogens is 1. The largest absolute Gasteiger partial charge is 0.361 e. The summed E-state index contributed by atoms with van der Waals surface area (Å²) >= 11 is 0. The molecule has 1 aromatic heterocycles. The molecular weight excluding hydrogens is 304 g/mol. The standard InChI is InChI=1S/C18H16N4O2/c1-12-5-4-6-14(9-12)21-17(23)18(24)22-20-11-13-10-19-16-8-3-2-7-15(13)16/h2-11,19H,1H3,(H,21,23)(H,22,24)/b20-11-. The van der Waals surface area contributed by atoms with Gasteiger partial charge in [-0.15, -0.1) is 0 Å². The van der Waals surface area contributed by atoms with Crippen molar-refractivity contribution < 1.29 is 9.59 Å². The smallest absolute Gasteiger partial charge is 0.329 e. The molecule has 0 bridgehead atoms. The van der Waals surface area contributed by atoms with Gasteiger partial charge in [0.05, 0.1) is 6.21 Å². The number of nitrogens with zero attached hydrogens (tertiary/aromatic N) is 1. The molecule has 2 aromatic carbocycles. The Morgan fingerprint density at radius 3 is 2.75 bits per heavy atom. The van der Waals surface area contributed by atoms with Crippen LogP contribution in [0.1, 0.15) is 11.1 Å². The van der Waals surface area contributed by atoms with Crippen LogP contribution >= 0.6 is 0 Å². The van der Waals surface area contributed by atoms with Gasteiger partial charge in [-0.05, 0) is 30.7 Å². The molecule has 0 spiro atoms. The van der Waals surface area contributed by atoms with E-state index in [0.717, 1.165) is 22.0 Å². The van der Waals surface area contributed by atoms with Gasteiger partial charge in [0.25, 0.3) is 0 Å². The van der Waals surface area contributed by atoms with Crippen LogP contribution in [-0.2, 0) is 9.59 Å². The van der Waals surface area contributed by atoms with Crippen LogP contribution in [-0.4, -0.2) is 23.0 Å². The molecule has 24 heavy (non-hydrogen) atoms. The van der Waals surface area contributed by atoms with Crippen molar-refractivity contribution in [3.8, 4) is 0 Å². The number of H-pyrrole nitrogens is 1. The molecular formula is C18H16N4O2. The van der Waals surface area contributed by atoms with E-state index in [2.05, 4.69) is 20.8 Å². The van der Waals surface area contributed by atoms with Gasteiger partial charge < -0.3 is 10.3 Å². The fraction of sp³-hybridized carbons (Fsp3) is 0.0556. The maximum atomic E-state index is 11.8. The first-order valence-corrected chi connectivity index (χ1v) is 7.40. The Morgan fingerprint density at radius 1 is 1.08 bits per heavy atom. The van der Waals surface area contributed by atoms with Crippen LogP contribution in [0.4, 0.5) is 5.69 Å². The van der Waals surface area contributed by atoms with Crippen LogP contribution in [0.5, 0.6) is 0 Å². The molecule has 1 heterocycles. The minimum Gasteiger partial charge on any atom is -0.361 e. The zero-order valence-corrected chi connectivity index (χ0v) is 13.0. The predicted molar refractivity (Wildman–Crippen MR) is 93.8 cm³/mol. The highest BCUT2D eigenvalue weighted by Crippen LogP contribution is 2.15. The predicted octanol–water partition coefficient (Wildman–Crippen LogP) is 2.57. The number of hydrogen-bond donors (Lipinski definition) is 3. The number of benzene rings is 2. The Kier molecular flexibility index (Phi) is 4.38. The molecule has 3 N–H and O–H groups in total. The van der Waals surface area contributed by atoms with Gasteiger partial charge in [-0.3, -0.25) is 9.59 Å². The molecule has 0 aliphatic heterocycles. The van der Waals surface area contributed by atoms with E-state index in [4.69, 9.17) is 0 Å². The van der Waals surface area contributed by atoms with Crippen molar-refractivity contribution in [1.82, 2.24) is 10.4 Å². The van der Waals surface area contributed by atoms with Crippen LogP contribution < -0.4 is 10.7 Å². The van der Waals surface area contributed by atoms with E-state index < -0.39 is 11.8 Å². The lowest BCUT2D eigenvalue weighted by Gasteiger charge is -2.04. The molecule has 0 unspecified atom stereocenters. The number of aromatic amines is 1. The molecule has 0 fully saturated rings. The number of carbonyl (C=O) groups is 2. The highest BCUT2D eigenvalue weighted by molar-refractivity contribution is 6.39. The molecule has 3 aromatic rings. The van der Waals surface area contributed by atoms with Gasteiger partial charge >= 0.3 is 11.8 Å². The van der Waals surface area contributed by atoms with E-state index in [1.807, 2.05) is 37.3 Å². The third-order valence-electron chi connectivity index (χ3n) is 3.47. The lowest BCUT2D eigenvalue weighted by molar-refractivity contribution is -0.136. The highest BCUT2D eigenvalue weighted by atomic mass is 16.2. The molecule has 0 aliphatic carbocycles. The summed E-state index contributed by atoms with van der Waals surface area (Å²) in [6, 6.07) is 14.9. The Hall–Kier alpha value is -3.41. The van der Waals surface area contributed by atoms with Crippen LogP contribution in [0.25, 0.3) is 10.9 Å². The molecule has 6 heteroatoms. The SMILES string of the molecule is Cc1cccc(NC(=O)C(=O)N/N=C\c2c[nH]c3ccccc23)c1. The average Bonchev–Trinajstić information content (AvgIpc) is 2.98. The highest BCUT2D eigenvalue weighted by Gasteiger charge is 2.12. The van der Waals surface area contributed by atoms with Crippen molar-refractivity contribution in [3.05, 3.63) is 65.9 Å². The zero-order valence-electron chi connectivity index (χ0n) is 13.0. The normalized spacial score (nSPS) is 10.9. The molecule has 3 rings (SSSR count). The number of hydrazone groups is 1. The number of carbonyl (C=O) groups excluding carboxylic acids is 2. The lowest BCUT2D eigenvalue weighted by atomic mass is 10.2. The summed E-state index contributed by atoms with van der Waals surface area (Å²) in [5.74, 6) is -1.59. The summed E-state index contributed by atoms with van der Waals surface area (Å²) in [4.78, 5) is 26.7. The summed E-state index contributed by atoms with van der Waals surface area (Å²) in [5.41, 5.74) is 5.58. The summed E-state index contributed by atoms with van der Waals surface area (Å²) < 4.78 is 0. The fourth-order valence-corrected chi connectivity index (χ4v) is 2.32. The first kappa shape index (κ1) is 15.5. The maximum Gasteiger partial charge on any atom is 0.329 e. The second-order valence-electron chi connectivity index (χ2n) is 5.31. The van der Waals surface area contributed by atoms with Crippen molar-refractivity contribution in [2.75, 3.05) is 5.32 Å². The van der Waals surface area contributed by atoms with Crippen LogP contribution in [0.15, 0.2) is 59.8 Å². The van der Waals surface area contributed by atoms with E-state index in [1.165, 1.54) is 6.21 Å². The quantitative estimate of drug-likeness (QED) is 0.393. The number of rotatable bonds is 3. The van der Waals surface area contributed by atoms with Crippen molar-refractivity contribution in [2.24, 2.45) is 5.10 Å². The Balaban J connectivity index is 1.61. The van der Waals surface area contributed by atoms with Gasteiger partial charge in [-0.1, -0.05) is 30.3 Å². The van der Waals surface area contributed by atoms with Crippen LogP contribution in [0, 0.1) is 6.92 Å². The summed E-state index contributed by atoms with van der Waals surface area (Å²) in [6.07, 6.45) is 3.28. The van der Waals surface area contributed by atoms with Crippen molar-refractivity contribution in [1.29, 1.82) is 0 Å². The van der Waals surface area contributed by atoms with Crippen molar-refractivity contribution >= 4 is 34.6 Å². The summed E-state index contributed by atoms with van der Waals surface area (Å²) in [5, 5.41) is 7.35. The van der Waals surface area contributed by atoms with Gasteiger partial charge in [0, 0.05) is 28.4 Å². The van der Waals surface area contributed by atoms with Gasteiger partial charge in [0.2, 0.25) is 0 Å². The van der Waals surface area contributed by atoms with Crippen LogP contribution in [0.3, 0.4) is 0 Å². The zero-order chi connectivity index (χ0) is 16.9. The van der Waals surface area contributed by atoms with E-state index in [0.29, 0.717) is 5.69 Å². The number of hydrogen-bond acceptors (Lipinski definition) is 3. The monoisotopic (exact) mass is 320 g/mol. The number of nitrogens with one attached hydrogen (secondary N) is 3. The number of anilines is 1. The van der Waals surface area contributed by atoms with E-state index in [1.54, 1.807) is 24.4 Å². The minimum absolute atomic E-state index is 0.566. The van der Waals surface area contributed by atoms with E-state index in [9.17, 15) is 9.59 Å². The van der Waals surface area contributed by atoms with E-state index in [-0.39, 0.29) is 0 Å². The molecule has 2 amide bonds. The molecule has 0 aliphatic rings. The van der Waals surface area contributed by atoms with Gasteiger partial charge in [0.1, 0.15) is 0 Å². The molecule has 0 saturated carbocycles. The second-order valence-corrected chi connectivity index (χ2v) is 5.31. The minimum atomic E-state index is -0.826. The Bertz CT molecular complexity index is 927. The first-order chi connectivity index (χ1) is 11.6. The lowest BCUT2D eigenvalue weighted by Crippen LogP contribution is -2.32. The van der Waals surface area contributed by atoms with Gasteiger partial charge in [-0.25, -0.2) is 5.43 Å². The average molecular weight is 320 g/mol. The molecule has 120 valence electrons. The number of para-hydroxylation sites is 1. The second kappa shape index (κ2) is 6.78. The fourth-order valence-electron chi connectivity index (χ4n) is 2.32. The number of amides is 2. The molecule has 0 radical (unpaired) electrons. The summed E-state index contributed by atoms with van der Waals surface area (Å²) in [7, 11) is 0. The molecule has 0 saturated heterocycles. The third kappa shape index (κ3) is 3.49. The number of fused-ring (bicyclic) bond motifs is 1. The van der Waals surface area contributed by atoms with Gasteiger partial charge in [0.15, 0.2) is 0 Å².